The van der Waals surface area contributed by atoms with Crippen LogP contribution in [0.3, 0.4) is 0 Å². The molecule has 0 fully saturated rings. The highest BCUT2D eigenvalue weighted by Crippen LogP contribution is 2.20. The molecule has 29 heavy (non-hydrogen) atoms. The molecule has 144 valence electrons. The molecular weight excluding hydrogens is 366 g/mol. The smallest absolute Gasteiger partial charge is 0.335 e. The van der Waals surface area contributed by atoms with Crippen molar-refractivity contribution in [3.8, 4) is 5.75 Å². The summed E-state index contributed by atoms with van der Waals surface area (Å²) in [5.74, 6) is -0.257. The summed E-state index contributed by atoms with van der Waals surface area (Å²) < 4.78 is 7.45. The molecular formula is C24H19NO4. The highest BCUT2D eigenvalue weighted by molar-refractivity contribution is 5.87. The van der Waals surface area contributed by atoms with Crippen molar-refractivity contribution in [2.24, 2.45) is 0 Å². The highest BCUT2D eigenvalue weighted by atomic mass is 16.5. The largest absolute Gasteiger partial charge is 0.489 e. The van der Waals surface area contributed by atoms with Gasteiger partial charge in [-0.1, -0.05) is 42.5 Å². The van der Waals surface area contributed by atoms with Gasteiger partial charge in [0.2, 0.25) is 0 Å². The zero-order valence-electron chi connectivity index (χ0n) is 15.6. The van der Waals surface area contributed by atoms with Crippen LogP contribution in [0.5, 0.6) is 5.75 Å². The van der Waals surface area contributed by atoms with Gasteiger partial charge >= 0.3 is 5.97 Å². The van der Waals surface area contributed by atoms with Crippen molar-refractivity contribution in [3.05, 3.63) is 112 Å². The first kappa shape index (κ1) is 18.5. The normalized spacial score (nSPS) is 10.8. The first-order valence-corrected chi connectivity index (χ1v) is 9.22. The molecule has 0 unspecified atom stereocenters. The zero-order valence-corrected chi connectivity index (χ0v) is 15.6. The Labute approximate surface area is 167 Å². The number of aromatic carboxylic acids is 1. The van der Waals surface area contributed by atoms with E-state index in [9.17, 15) is 9.59 Å². The predicted octanol–water partition coefficient (Wildman–Crippen LogP) is 4.33. The monoisotopic (exact) mass is 385 g/mol. The quantitative estimate of drug-likeness (QED) is 0.536. The molecule has 0 aliphatic carbocycles. The molecule has 0 saturated carbocycles. The Morgan fingerprint density at radius 3 is 2.38 bits per heavy atom. The Bertz CT molecular complexity index is 1210. The second kappa shape index (κ2) is 8.02. The number of hydrogen-bond donors (Lipinski definition) is 1. The summed E-state index contributed by atoms with van der Waals surface area (Å²) in [7, 11) is 0. The minimum atomic E-state index is -0.968. The molecule has 5 heteroatoms. The van der Waals surface area contributed by atoms with Crippen LogP contribution >= 0.6 is 0 Å². The predicted molar refractivity (Wildman–Crippen MR) is 111 cm³/mol. The van der Waals surface area contributed by atoms with E-state index in [4.69, 9.17) is 9.84 Å². The average Bonchev–Trinajstić information content (AvgIpc) is 2.75. The second-order valence-corrected chi connectivity index (χ2v) is 6.77. The number of carboxylic acid groups (broad SMARTS) is 1. The number of nitrogens with zero attached hydrogens (tertiary/aromatic N) is 1. The third-order valence-electron chi connectivity index (χ3n) is 4.75. The fourth-order valence-electron chi connectivity index (χ4n) is 3.17. The standard InChI is InChI=1S/C24H19NO4/c26-23-22-11-10-21(29-16-18-4-2-1-3-5-18)14-20(22)12-13-25(23)15-17-6-8-19(9-7-17)24(27)28/h1-14H,15-16H2,(H,27,28). The number of ether oxygens (including phenoxy) is 1. The zero-order chi connectivity index (χ0) is 20.2. The Balaban J connectivity index is 1.54. The molecule has 0 aliphatic heterocycles. The molecule has 1 heterocycles. The number of pyridine rings is 1. The Morgan fingerprint density at radius 2 is 1.66 bits per heavy atom. The van der Waals surface area contributed by atoms with Gasteiger partial charge in [0.25, 0.3) is 5.56 Å². The number of rotatable bonds is 6. The maximum atomic E-state index is 12.8. The van der Waals surface area contributed by atoms with Gasteiger partial charge in [0.1, 0.15) is 12.4 Å². The number of fused-ring (bicyclic) bond motifs is 1. The van der Waals surface area contributed by atoms with E-state index in [1.54, 1.807) is 47.2 Å². The second-order valence-electron chi connectivity index (χ2n) is 6.77. The molecule has 0 amide bonds. The van der Waals surface area contributed by atoms with Crippen molar-refractivity contribution < 1.29 is 14.6 Å². The van der Waals surface area contributed by atoms with Gasteiger partial charge in [-0.25, -0.2) is 4.79 Å². The molecule has 5 nitrogen and oxygen atoms in total. The first-order valence-electron chi connectivity index (χ1n) is 9.22. The van der Waals surface area contributed by atoms with Gasteiger partial charge in [0.15, 0.2) is 0 Å². The van der Waals surface area contributed by atoms with Gasteiger partial charge in [-0.05, 0) is 52.9 Å². The average molecular weight is 385 g/mol. The van der Waals surface area contributed by atoms with E-state index in [0.29, 0.717) is 24.3 Å². The lowest BCUT2D eigenvalue weighted by atomic mass is 10.1. The number of carbonyl (C=O) groups is 1. The summed E-state index contributed by atoms with van der Waals surface area (Å²) in [6.07, 6.45) is 1.75. The summed E-state index contributed by atoms with van der Waals surface area (Å²) in [6, 6.07) is 23.8. The van der Waals surface area contributed by atoms with Crippen molar-refractivity contribution in [2.75, 3.05) is 0 Å². The van der Waals surface area contributed by atoms with E-state index in [0.717, 1.165) is 16.5 Å². The van der Waals surface area contributed by atoms with Gasteiger partial charge < -0.3 is 14.4 Å². The summed E-state index contributed by atoms with van der Waals surface area (Å²) in [5.41, 5.74) is 2.07. The van der Waals surface area contributed by atoms with Crippen LogP contribution in [0.1, 0.15) is 21.5 Å². The number of hydrogen-bond acceptors (Lipinski definition) is 3. The minimum absolute atomic E-state index is 0.0978. The molecule has 0 saturated heterocycles. The lowest BCUT2D eigenvalue weighted by molar-refractivity contribution is 0.0697. The third kappa shape index (κ3) is 4.19. The van der Waals surface area contributed by atoms with Gasteiger partial charge in [-0.15, -0.1) is 0 Å². The van der Waals surface area contributed by atoms with E-state index >= 15 is 0 Å². The molecule has 4 aromatic rings. The van der Waals surface area contributed by atoms with Gasteiger partial charge in [-0.2, -0.15) is 0 Å². The summed E-state index contributed by atoms with van der Waals surface area (Å²) >= 11 is 0. The van der Waals surface area contributed by atoms with E-state index in [1.807, 2.05) is 42.5 Å². The Morgan fingerprint density at radius 1 is 0.897 bits per heavy atom. The first-order chi connectivity index (χ1) is 14.1. The van der Waals surface area contributed by atoms with Crippen LogP contribution in [-0.4, -0.2) is 15.6 Å². The van der Waals surface area contributed by atoms with Crippen LogP contribution in [-0.2, 0) is 13.2 Å². The van der Waals surface area contributed by atoms with Crippen molar-refractivity contribution in [1.29, 1.82) is 0 Å². The van der Waals surface area contributed by atoms with Crippen molar-refractivity contribution in [3.63, 3.8) is 0 Å². The fraction of sp³-hybridized carbons (Fsp3) is 0.0833. The Hall–Kier alpha value is -3.86. The topological polar surface area (TPSA) is 68.5 Å². The molecule has 0 atom stereocenters. The van der Waals surface area contributed by atoms with Crippen LogP contribution in [0.25, 0.3) is 10.8 Å². The molecule has 3 aromatic carbocycles. The van der Waals surface area contributed by atoms with Gasteiger partial charge in [0.05, 0.1) is 12.1 Å². The molecule has 1 N–H and O–H groups in total. The number of benzene rings is 3. The van der Waals surface area contributed by atoms with Crippen LogP contribution in [0.2, 0.25) is 0 Å². The lowest BCUT2D eigenvalue weighted by Crippen LogP contribution is -2.20. The van der Waals surface area contributed by atoms with Crippen molar-refractivity contribution >= 4 is 16.7 Å². The maximum Gasteiger partial charge on any atom is 0.335 e. The van der Waals surface area contributed by atoms with Gasteiger partial charge in [0, 0.05) is 11.6 Å². The molecule has 0 bridgehead atoms. The van der Waals surface area contributed by atoms with E-state index < -0.39 is 5.97 Å². The summed E-state index contributed by atoms with van der Waals surface area (Å²) in [5, 5.41) is 10.4. The van der Waals surface area contributed by atoms with Crippen LogP contribution < -0.4 is 10.3 Å². The summed E-state index contributed by atoms with van der Waals surface area (Å²) in [6.45, 7) is 0.844. The molecule has 0 radical (unpaired) electrons. The molecule has 0 aliphatic rings. The lowest BCUT2D eigenvalue weighted by Gasteiger charge is -2.10. The number of aromatic nitrogens is 1. The SMILES string of the molecule is O=C(O)c1ccc(Cn2ccc3cc(OCc4ccccc4)ccc3c2=O)cc1. The Kier molecular flexibility index (Phi) is 5.12. The van der Waals surface area contributed by atoms with E-state index in [2.05, 4.69) is 0 Å². The third-order valence-corrected chi connectivity index (χ3v) is 4.75. The highest BCUT2D eigenvalue weighted by Gasteiger charge is 2.07. The van der Waals surface area contributed by atoms with Crippen LogP contribution in [0.15, 0.2) is 89.9 Å². The van der Waals surface area contributed by atoms with Crippen LogP contribution in [0, 0.1) is 0 Å². The summed E-state index contributed by atoms with van der Waals surface area (Å²) in [4.78, 5) is 23.8. The minimum Gasteiger partial charge on any atom is -0.489 e. The molecule has 4 rings (SSSR count). The van der Waals surface area contributed by atoms with E-state index in [1.165, 1.54) is 0 Å². The maximum absolute atomic E-state index is 12.8. The van der Waals surface area contributed by atoms with E-state index in [-0.39, 0.29) is 11.1 Å². The molecule has 0 spiro atoms. The fourth-order valence-corrected chi connectivity index (χ4v) is 3.17. The van der Waals surface area contributed by atoms with Crippen molar-refractivity contribution in [2.45, 2.75) is 13.2 Å². The molecule has 1 aromatic heterocycles. The van der Waals surface area contributed by atoms with Crippen molar-refractivity contribution in [1.82, 2.24) is 4.57 Å². The van der Waals surface area contributed by atoms with Gasteiger partial charge in [-0.3, -0.25) is 4.79 Å². The van der Waals surface area contributed by atoms with Crippen LogP contribution in [0.4, 0.5) is 0 Å². The number of carboxylic acids is 1.